The molecule has 0 radical (unpaired) electrons. The first-order valence-electron chi connectivity index (χ1n) is 8.21. The summed E-state index contributed by atoms with van der Waals surface area (Å²) in [4.78, 5) is 0. The molecule has 0 heterocycles. The van der Waals surface area contributed by atoms with Gasteiger partial charge in [-0.05, 0) is 61.6 Å². The van der Waals surface area contributed by atoms with Crippen LogP contribution in [0.25, 0.3) is 0 Å². The van der Waals surface area contributed by atoms with Crippen molar-refractivity contribution in [3.8, 4) is 0 Å². The van der Waals surface area contributed by atoms with Gasteiger partial charge in [-0.1, -0.05) is 50.7 Å². The van der Waals surface area contributed by atoms with Crippen LogP contribution in [0.4, 0.5) is 0 Å². The van der Waals surface area contributed by atoms with Crippen LogP contribution in [0.2, 0.25) is 0 Å². The highest BCUT2D eigenvalue weighted by Gasteiger charge is 2.03. The Hall–Kier alpha value is 0.0900. The molecule has 0 bridgehead atoms. The van der Waals surface area contributed by atoms with E-state index in [1.807, 2.05) is 0 Å². The van der Waals surface area contributed by atoms with Gasteiger partial charge in [0.1, 0.15) is 0 Å². The molecule has 3 heteroatoms. The second-order valence-electron chi connectivity index (χ2n) is 5.93. The number of benzene rings is 1. The van der Waals surface area contributed by atoms with Gasteiger partial charge in [-0.15, -0.1) is 26.2 Å². The lowest BCUT2D eigenvalue weighted by atomic mass is 9.98. The topological polar surface area (TPSA) is 26.0 Å². The first-order valence-corrected chi connectivity index (χ1v) is 8.79. The molecule has 0 aliphatic carbocycles. The average molecular weight is 374 g/mol. The van der Waals surface area contributed by atoms with E-state index in [0.717, 1.165) is 6.54 Å². The second-order valence-corrected chi connectivity index (χ2v) is 6.55. The van der Waals surface area contributed by atoms with Crippen LogP contribution in [0, 0.1) is 13.8 Å². The molecule has 1 unspecified atom stereocenters. The lowest BCUT2D eigenvalue weighted by Gasteiger charge is -2.11. The van der Waals surface area contributed by atoms with Crippen molar-refractivity contribution in [1.82, 2.24) is 0 Å². The number of hydrogen-bond donors (Lipinski definition) is 1. The van der Waals surface area contributed by atoms with E-state index in [4.69, 9.17) is 5.73 Å². The Labute approximate surface area is 144 Å². The van der Waals surface area contributed by atoms with Gasteiger partial charge >= 0.3 is 0 Å². The highest BCUT2D eigenvalue weighted by Crippen LogP contribution is 2.17. The number of nitrogens with two attached hydrogens (primary N) is 1. The number of halogens is 1. The Morgan fingerprint density at radius 2 is 1.33 bits per heavy atom. The average Bonchev–Trinajstić information content (AvgIpc) is 2.45. The highest BCUT2D eigenvalue weighted by molar-refractivity contribution is 8.93. The molecule has 1 aromatic rings. The van der Waals surface area contributed by atoms with E-state index in [1.165, 1.54) is 79.8 Å². The fourth-order valence-corrected chi connectivity index (χ4v) is 3.00. The smallest absolute Gasteiger partial charge is 0.00773 e. The maximum Gasteiger partial charge on any atom is -0.00773 e. The minimum atomic E-state index is 0. The molecular formula is C18H33BrNP. The van der Waals surface area contributed by atoms with E-state index in [2.05, 4.69) is 35.2 Å². The van der Waals surface area contributed by atoms with E-state index in [1.54, 1.807) is 0 Å². The summed E-state index contributed by atoms with van der Waals surface area (Å²) >= 11 is 0. The quantitative estimate of drug-likeness (QED) is 0.453. The fraction of sp³-hybridized carbons (Fsp3) is 0.667. The largest absolute Gasteiger partial charge is 0.330 e. The van der Waals surface area contributed by atoms with Gasteiger partial charge in [0.15, 0.2) is 0 Å². The zero-order valence-corrected chi connectivity index (χ0v) is 16.7. The zero-order valence-electron chi connectivity index (χ0n) is 13.8. The number of rotatable bonds is 10. The van der Waals surface area contributed by atoms with Gasteiger partial charge in [0, 0.05) is 0 Å². The maximum absolute atomic E-state index is 5.50. The minimum absolute atomic E-state index is 0. The molecule has 0 amide bonds. The standard InChI is InChI=1S/C18H32NP.BrH/c1-15-16(2)18(20)13-12-17(15)11-9-7-5-3-4-6-8-10-14-19;/h12-13H,3-11,14,19-20H2,1-2H3;1H. The van der Waals surface area contributed by atoms with Gasteiger partial charge in [0.25, 0.3) is 0 Å². The van der Waals surface area contributed by atoms with Gasteiger partial charge in [0.2, 0.25) is 0 Å². The Morgan fingerprint density at radius 1 is 0.810 bits per heavy atom. The molecule has 0 saturated carbocycles. The van der Waals surface area contributed by atoms with Gasteiger partial charge in [0.05, 0.1) is 0 Å². The Bertz CT molecular complexity index is 393. The van der Waals surface area contributed by atoms with E-state index in [-0.39, 0.29) is 17.0 Å². The van der Waals surface area contributed by atoms with Crippen molar-refractivity contribution < 1.29 is 0 Å². The van der Waals surface area contributed by atoms with E-state index >= 15 is 0 Å². The lowest BCUT2D eigenvalue weighted by molar-refractivity contribution is 0.569. The van der Waals surface area contributed by atoms with Crippen molar-refractivity contribution in [3.63, 3.8) is 0 Å². The third-order valence-electron chi connectivity index (χ3n) is 4.34. The van der Waals surface area contributed by atoms with Gasteiger partial charge < -0.3 is 5.73 Å². The predicted octanol–water partition coefficient (Wildman–Crippen LogP) is 5.00. The highest BCUT2D eigenvalue weighted by atomic mass is 79.9. The molecule has 1 rings (SSSR count). The second kappa shape index (κ2) is 12.6. The summed E-state index contributed by atoms with van der Waals surface area (Å²) < 4.78 is 0. The van der Waals surface area contributed by atoms with E-state index < -0.39 is 0 Å². The van der Waals surface area contributed by atoms with Crippen LogP contribution >= 0.6 is 26.2 Å². The third kappa shape index (κ3) is 8.33. The van der Waals surface area contributed by atoms with Crippen LogP contribution in [-0.2, 0) is 6.42 Å². The number of aryl methyl sites for hydroxylation is 1. The molecule has 0 spiro atoms. The van der Waals surface area contributed by atoms with Crippen LogP contribution in [0.15, 0.2) is 12.1 Å². The third-order valence-corrected chi connectivity index (χ3v) is 4.97. The maximum atomic E-state index is 5.50. The van der Waals surface area contributed by atoms with E-state index in [0.29, 0.717) is 0 Å². The first kappa shape index (κ1) is 21.1. The van der Waals surface area contributed by atoms with Crippen molar-refractivity contribution in [1.29, 1.82) is 0 Å². The molecule has 1 nitrogen and oxygen atoms in total. The molecule has 122 valence electrons. The van der Waals surface area contributed by atoms with Crippen molar-refractivity contribution in [2.75, 3.05) is 6.54 Å². The van der Waals surface area contributed by atoms with Crippen molar-refractivity contribution in [3.05, 3.63) is 28.8 Å². The van der Waals surface area contributed by atoms with E-state index in [9.17, 15) is 0 Å². The molecule has 0 saturated heterocycles. The Kier molecular flexibility index (Phi) is 12.7. The van der Waals surface area contributed by atoms with Gasteiger partial charge in [-0.3, -0.25) is 0 Å². The molecule has 1 aromatic carbocycles. The molecule has 1 atom stereocenters. The summed E-state index contributed by atoms with van der Waals surface area (Å²) in [6, 6.07) is 4.54. The Balaban J connectivity index is 0.00000400. The lowest BCUT2D eigenvalue weighted by Crippen LogP contribution is -2.03. The summed E-state index contributed by atoms with van der Waals surface area (Å²) in [5.74, 6) is 0. The van der Waals surface area contributed by atoms with Crippen LogP contribution in [0.5, 0.6) is 0 Å². The summed E-state index contributed by atoms with van der Waals surface area (Å²) in [5, 5.41) is 1.34. The van der Waals surface area contributed by atoms with Crippen LogP contribution in [0.3, 0.4) is 0 Å². The summed E-state index contributed by atoms with van der Waals surface area (Å²) in [6.07, 6.45) is 12.0. The fourth-order valence-electron chi connectivity index (χ4n) is 2.69. The van der Waals surface area contributed by atoms with Crippen LogP contribution in [-0.4, -0.2) is 6.54 Å². The zero-order chi connectivity index (χ0) is 14.8. The van der Waals surface area contributed by atoms with Crippen molar-refractivity contribution in [2.24, 2.45) is 5.73 Å². The minimum Gasteiger partial charge on any atom is -0.330 e. The Morgan fingerprint density at radius 3 is 1.90 bits per heavy atom. The van der Waals surface area contributed by atoms with Gasteiger partial charge in [-0.25, -0.2) is 0 Å². The summed E-state index contributed by atoms with van der Waals surface area (Å²) in [6.45, 7) is 5.34. The predicted molar refractivity (Wildman–Crippen MR) is 105 cm³/mol. The van der Waals surface area contributed by atoms with Crippen LogP contribution < -0.4 is 11.0 Å². The number of hydrogen-bond acceptors (Lipinski definition) is 1. The number of unbranched alkanes of at least 4 members (excludes halogenated alkanes) is 7. The molecule has 0 aromatic heterocycles. The molecule has 21 heavy (non-hydrogen) atoms. The SMILES string of the molecule is Br.Cc1c(P)ccc(CCCCCCCCCCN)c1C. The summed E-state index contributed by atoms with van der Waals surface area (Å²) in [5.41, 5.74) is 9.96. The van der Waals surface area contributed by atoms with Gasteiger partial charge in [-0.2, -0.15) is 0 Å². The van der Waals surface area contributed by atoms with Crippen LogP contribution in [0.1, 0.15) is 68.1 Å². The van der Waals surface area contributed by atoms with Crippen molar-refractivity contribution >= 4 is 31.5 Å². The monoisotopic (exact) mass is 373 g/mol. The molecular weight excluding hydrogens is 341 g/mol. The van der Waals surface area contributed by atoms with Crippen molar-refractivity contribution in [2.45, 2.75) is 71.6 Å². The normalized spacial score (nSPS) is 10.5. The first-order chi connectivity index (χ1) is 9.66. The summed E-state index contributed by atoms with van der Waals surface area (Å²) in [7, 11) is 2.83. The molecule has 0 aliphatic rings. The molecule has 2 N–H and O–H groups in total. The molecule has 0 fully saturated rings. The molecule has 0 aliphatic heterocycles.